The fraction of sp³-hybridized carbons (Fsp3) is 0.250. The number of rotatable bonds is 4. The minimum absolute atomic E-state index is 0.231. The van der Waals surface area contributed by atoms with Crippen LogP contribution in [0, 0.1) is 0 Å². The van der Waals surface area contributed by atoms with Gasteiger partial charge in [0.2, 0.25) is 0 Å². The zero-order valence-electron chi connectivity index (χ0n) is 7.44. The third kappa shape index (κ3) is 3.89. The molecule has 0 aromatic heterocycles. The molecule has 1 aromatic rings. The molecule has 3 nitrogen and oxygen atoms in total. The molecule has 6 heteroatoms. The van der Waals surface area contributed by atoms with Gasteiger partial charge in [0.25, 0.3) is 0 Å². The van der Waals surface area contributed by atoms with Crippen LogP contribution in [0.25, 0.3) is 0 Å². The second-order valence-corrected chi connectivity index (χ2v) is 5.37. The minimum atomic E-state index is -3.50. The van der Waals surface area contributed by atoms with E-state index in [0.29, 0.717) is 10.8 Å². The lowest BCUT2D eigenvalue weighted by Gasteiger charge is -2.11. The van der Waals surface area contributed by atoms with Gasteiger partial charge in [-0.3, -0.25) is 4.52 Å². The van der Waals surface area contributed by atoms with Crippen LogP contribution in [0.5, 0.6) is 5.75 Å². The van der Waals surface area contributed by atoms with Crippen molar-refractivity contribution in [2.75, 3.05) is 6.61 Å². The normalized spacial score (nSPS) is 14.8. The van der Waals surface area contributed by atoms with E-state index in [1.807, 2.05) is 0 Å². The summed E-state index contributed by atoms with van der Waals surface area (Å²) < 4.78 is 21.0. The molecule has 0 amide bonds. The topological polar surface area (TPSA) is 35.5 Å². The zero-order chi connectivity index (χ0) is 10.6. The molecule has 0 N–H and O–H groups in total. The van der Waals surface area contributed by atoms with Crippen LogP contribution in [0.15, 0.2) is 24.3 Å². The molecule has 0 bridgehead atoms. The van der Waals surface area contributed by atoms with Crippen molar-refractivity contribution < 1.29 is 13.6 Å². The standard InChI is InChI=1S/C8H9Cl2O3P/c1-2-12-14(10,11)13-8-5-3-7(9)4-6-8/h3-6H,2H2,1H3/t14-/m0/s1. The van der Waals surface area contributed by atoms with Crippen LogP contribution in [0.2, 0.25) is 5.02 Å². The lowest BCUT2D eigenvalue weighted by molar-refractivity contribution is 0.295. The molecule has 1 rings (SSSR count). The van der Waals surface area contributed by atoms with Crippen molar-refractivity contribution in [1.82, 2.24) is 0 Å². The number of halogens is 2. The summed E-state index contributed by atoms with van der Waals surface area (Å²) in [4.78, 5) is 0. The van der Waals surface area contributed by atoms with Crippen molar-refractivity contribution in [1.29, 1.82) is 0 Å². The van der Waals surface area contributed by atoms with Gasteiger partial charge >= 0.3 is 6.95 Å². The number of hydrogen-bond donors (Lipinski definition) is 0. The summed E-state index contributed by atoms with van der Waals surface area (Å²) in [7, 11) is 0. The van der Waals surface area contributed by atoms with E-state index in [-0.39, 0.29) is 6.61 Å². The lowest BCUT2D eigenvalue weighted by Crippen LogP contribution is -1.91. The van der Waals surface area contributed by atoms with Crippen molar-refractivity contribution in [3.63, 3.8) is 0 Å². The molecule has 0 aliphatic carbocycles. The summed E-state index contributed by atoms with van der Waals surface area (Å²) >= 11 is 11.1. The summed E-state index contributed by atoms with van der Waals surface area (Å²) in [5.41, 5.74) is 0. The van der Waals surface area contributed by atoms with Gasteiger partial charge < -0.3 is 4.52 Å². The van der Waals surface area contributed by atoms with Crippen LogP contribution in [0.4, 0.5) is 0 Å². The molecule has 0 radical (unpaired) electrons. The first-order valence-electron chi connectivity index (χ1n) is 3.93. The quantitative estimate of drug-likeness (QED) is 0.759. The zero-order valence-corrected chi connectivity index (χ0v) is 9.85. The molecule has 0 fully saturated rings. The second kappa shape index (κ2) is 5.04. The Hall–Kier alpha value is -0.210. The molecule has 0 heterocycles. The van der Waals surface area contributed by atoms with Crippen LogP contribution < -0.4 is 4.52 Å². The van der Waals surface area contributed by atoms with Gasteiger partial charge in [-0.2, -0.15) is 0 Å². The Balaban J connectivity index is 2.69. The Bertz CT molecular complexity index is 339. The molecular weight excluding hydrogens is 246 g/mol. The average molecular weight is 255 g/mol. The predicted octanol–water partition coefficient (Wildman–Crippen LogP) is 4.10. The molecule has 0 saturated heterocycles. The SMILES string of the molecule is CCO[P@@](=O)(Cl)Oc1ccc(Cl)cc1. The van der Waals surface area contributed by atoms with Crippen LogP contribution in [-0.4, -0.2) is 6.61 Å². The smallest absolute Gasteiger partial charge is 0.413 e. The van der Waals surface area contributed by atoms with E-state index in [4.69, 9.17) is 31.9 Å². The van der Waals surface area contributed by atoms with E-state index in [1.54, 1.807) is 31.2 Å². The summed E-state index contributed by atoms with van der Waals surface area (Å²) in [6, 6.07) is 6.35. The molecule has 0 aliphatic heterocycles. The van der Waals surface area contributed by atoms with Crippen molar-refractivity contribution >= 4 is 29.8 Å². The van der Waals surface area contributed by atoms with Gasteiger partial charge in [0.05, 0.1) is 6.61 Å². The van der Waals surface area contributed by atoms with Crippen molar-refractivity contribution in [3.8, 4) is 5.75 Å². The Morgan fingerprint density at radius 2 is 1.93 bits per heavy atom. The van der Waals surface area contributed by atoms with E-state index in [0.717, 1.165) is 0 Å². The van der Waals surface area contributed by atoms with Crippen LogP contribution in [0.1, 0.15) is 6.92 Å². The molecule has 14 heavy (non-hydrogen) atoms. The monoisotopic (exact) mass is 254 g/mol. The van der Waals surface area contributed by atoms with E-state index >= 15 is 0 Å². The number of benzene rings is 1. The average Bonchev–Trinajstić information content (AvgIpc) is 2.08. The highest BCUT2D eigenvalue weighted by molar-refractivity contribution is 7.81. The van der Waals surface area contributed by atoms with E-state index in [1.165, 1.54) is 0 Å². The maximum absolute atomic E-state index is 11.4. The van der Waals surface area contributed by atoms with Gasteiger partial charge in [0, 0.05) is 16.3 Å². The number of hydrogen-bond acceptors (Lipinski definition) is 3. The van der Waals surface area contributed by atoms with E-state index < -0.39 is 6.95 Å². The molecule has 1 aromatic carbocycles. The Labute approximate surface area is 92.3 Å². The predicted molar refractivity (Wildman–Crippen MR) is 57.2 cm³/mol. The van der Waals surface area contributed by atoms with Gasteiger partial charge in [0.1, 0.15) is 5.75 Å². The van der Waals surface area contributed by atoms with Gasteiger partial charge in [-0.1, -0.05) is 11.6 Å². The lowest BCUT2D eigenvalue weighted by atomic mass is 10.3. The van der Waals surface area contributed by atoms with E-state index in [9.17, 15) is 4.57 Å². The molecule has 1 atom stereocenters. The summed E-state index contributed by atoms with van der Waals surface area (Å²) in [5, 5.41) is 0.568. The molecular formula is C8H9Cl2O3P. The first kappa shape index (κ1) is 11.9. The third-order valence-electron chi connectivity index (χ3n) is 1.31. The Morgan fingerprint density at radius 1 is 1.36 bits per heavy atom. The largest absolute Gasteiger partial charge is 0.476 e. The molecule has 0 unspecified atom stereocenters. The Kier molecular flexibility index (Phi) is 4.27. The first-order chi connectivity index (χ1) is 6.53. The second-order valence-electron chi connectivity index (χ2n) is 2.39. The van der Waals surface area contributed by atoms with Crippen LogP contribution >= 0.6 is 29.8 Å². The highest BCUT2D eigenvalue weighted by Gasteiger charge is 2.21. The molecule has 78 valence electrons. The summed E-state index contributed by atoms with van der Waals surface area (Å²) in [6.07, 6.45) is 0. The van der Waals surface area contributed by atoms with Crippen LogP contribution in [-0.2, 0) is 9.09 Å². The summed E-state index contributed by atoms with van der Waals surface area (Å²) in [5.74, 6) is 0.362. The van der Waals surface area contributed by atoms with E-state index in [2.05, 4.69) is 0 Å². The highest BCUT2D eigenvalue weighted by atomic mass is 35.7. The molecule has 0 saturated carbocycles. The fourth-order valence-corrected chi connectivity index (χ4v) is 2.19. The van der Waals surface area contributed by atoms with Gasteiger partial charge in [-0.25, -0.2) is 4.57 Å². The molecule has 0 spiro atoms. The summed E-state index contributed by atoms with van der Waals surface area (Å²) in [6.45, 7) is -1.59. The van der Waals surface area contributed by atoms with Gasteiger partial charge in [-0.05, 0) is 31.2 Å². The molecule has 0 aliphatic rings. The van der Waals surface area contributed by atoms with Crippen LogP contribution in [0.3, 0.4) is 0 Å². The third-order valence-corrected chi connectivity index (χ3v) is 3.06. The first-order valence-corrected chi connectivity index (χ1v) is 6.75. The maximum atomic E-state index is 11.4. The minimum Gasteiger partial charge on any atom is -0.413 e. The van der Waals surface area contributed by atoms with Crippen molar-refractivity contribution in [2.45, 2.75) is 6.92 Å². The van der Waals surface area contributed by atoms with Gasteiger partial charge in [0.15, 0.2) is 0 Å². The van der Waals surface area contributed by atoms with Gasteiger partial charge in [-0.15, -0.1) is 0 Å². The maximum Gasteiger partial charge on any atom is 0.476 e. The van der Waals surface area contributed by atoms with Crippen molar-refractivity contribution in [3.05, 3.63) is 29.3 Å². The Morgan fingerprint density at radius 3 is 2.43 bits per heavy atom. The fourth-order valence-electron chi connectivity index (χ4n) is 0.802. The van der Waals surface area contributed by atoms with Crippen molar-refractivity contribution in [2.24, 2.45) is 0 Å². The highest BCUT2D eigenvalue weighted by Crippen LogP contribution is 2.53.